The van der Waals surface area contributed by atoms with Crippen molar-refractivity contribution in [3.8, 4) is 0 Å². The molecule has 0 saturated heterocycles. The summed E-state index contributed by atoms with van der Waals surface area (Å²) in [6, 6.07) is 0. The molecule has 1 radical (unpaired) electrons. The summed E-state index contributed by atoms with van der Waals surface area (Å²) in [5.41, 5.74) is 0. The molecule has 2 atom stereocenters. The van der Waals surface area contributed by atoms with E-state index in [1.54, 1.807) is 0 Å². The lowest BCUT2D eigenvalue weighted by molar-refractivity contribution is -0.155. The molecule has 0 aliphatic carbocycles. The van der Waals surface area contributed by atoms with Gasteiger partial charge in [0.25, 0.3) is 0 Å². The largest absolute Gasteiger partial charge is 0.479 e. The van der Waals surface area contributed by atoms with E-state index in [2.05, 4.69) is 0 Å². The van der Waals surface area contributed by atoms with Crippen molar-refractivity contribution in [3.05, 3.63) is 0 Å². The zero-order chi connectivity index (χ0) is 7.44. The Balaban J connectivity index is 3.72. The molecule has 53 valence electrons. The number of hydrogen-bond donors (Lipinski definition) is 3. The minimum Gasteiger partial charge on any atom is -0.479 e. The van der Waals surface area contributed by atoms with Crippen molar-refractivity contribution >= 4 is 5.97 Å². The number of hydrogen-bond acceptors (Lipinski definition) is 3. The Morgan fingerprint density at radius 3 is 2.00 bits per heavy atom. The van der Waals surface area contributed by atoms with Crippen molar-refractivity contribution in [1.29, 1.82) is 0 Å². The molecule has 0 aromatic heterocycles. The van der Waals surface area contributed by atoms with Gasteiger partial charge in [0.2, 0.25) is 0 Å². The van der Waals surface area contributed by atoms with Gasteiger partial charge in [-0.25, -0.2) is 9.90 Å². The van der Waals surface area contributed by atoms with Gasteiger partial charge in [0.15, 0.2) is 6.10 Å². The molecular formula is C4H7O5. The average molecular weight is 135 g/mol. The van der Waals surface area contributed by atoms with Gasteiger partial charge in [-0.15, -0.1) is 0 Å². The van der Waals surface area contributed by atoms with E-state index in [1.165, 1.54) is 0 Å². The molecule has 5 heteroatoms. The predicted molar refractivity (Wildman–Crippen MR) is 25.2 cm³/mol. The first-order valence-corrected chi connectivity index (χ1v) is 2.26. The van der Waals surface area contributed by atoms with Crippen LogP contribution in [0.25, 0.3) is 0 Å². The second kappa shape index (κ2) is 3.39. The van der Waals surface area contributed by atoms with E-state index in [9.17, 15) is 9.90 Å². The van der Waals surface area contributed by atoms with Gasteiger partial charge in [-0.2, -0.15) is 0 Å². The summed E-state index contributed by atoms with van der Waals surface area (Å²) < 4.78 is 0. The van der Waals surface area contributed by atoms with Gasteiger partial charge in [-0.05, 0) is 0 Å². The minimum absolute atomic E-state index is 1.01. The van der Waals surface area contributed by atoms with Crippen molar-refractivity contribution in [2.75, 3.05) is 6.61 Å². The molecule has 0 amide bonds. The Hall–Kier alpha value is -0.650. The summed E-state index contributed by atoms with van der Waals surface area (Å²) in [6.45, 7) is -1.01. The molecule has 3 N–H and O–H groups in total. The van der Waals surface area contributed by atoms with Crippen LogP contribution in [0.5, 0.6) is 0 Å². The van der Waals surface area contributed by atoms with E-state index >= 15 is 0 Å². The second-order valence-corrected chi connectivity index (χ2v) is 1.52. The molecule has 0 spiro atoms. The number of carboxylic acid groups (broad SMARTS) is 1. The average Bonchev–Trinajstić information content (AvgIpc) is 1.84. The molecule has 2 unspecified atom stereocenters. The SMILES string of the molecule is [O]CC(O)C(O)C(=O)O. The molecule has 0 aliphatic rings. The Morgan fingerprint density at radius 2 is 1.89 bits per heavy atom. The third kappa shape index (κ3) is 2.41. The molecule has 0 rings (SSSR count). The molecule has 5 nitrogen and oxygen atoms in total. The lowest BCUT2D eigenvalue weighted by Gasteiger charge is -2.08. The number of rotatable bonds is 3. The number of aliphatic hydroxyl groups excluding tert-OH is 2. The summed E-state index contributed by atoms with van der Waals surface area (Å²) in [4.78, 5) is 9.75. The molecule has 0 aromatic rings. The Bertz CT molecular complexity index is 101. The van der Waals surface area contributed by atoms with Crippen molar-refractivity contribution in [2.24, 2.45) is 0 Å². The Morgan fingerprint density at radius 1 is 1.44 bits per heavy atom. The highest BCUT2D eigenvalue weighted by molar-refractivity contribution is 5.72. The predicted octanol–water partition coefficient (Wildman–Crippen LogP) is -1.78. The summed E-state index contributed by atoms with van der Waals surface area (Å²) >= 11 is 0. The van der Waals surface area contributed by atoms with Gasteiger partial charge >= 0.3 is 5.97 Å². The zero-order valence-corrected chi connectivity index (χ0v) is 4.52. The van der Waals surface area contributed by atoms with E-state index in [1.807, 2.05) is 0 Å². The Kier molecular flexibility index (Phi) is 3.15. The normalized spacial score (nSPS) is 16.8. The highest BCUT2D eigenvalue weighted by Gasteiger charge is 2.22. The van der Waals surface area contributed by atoms with Gasteiger partial charge in [-0.3, -0.25) is 0 Å². The van der Waals surface area contributed by atoms with Crippen LogP contribution in [0.4, 0.5) is 0 Å². The quantitative estimate of drug-likeness (QED) is 0.426. The highest BCUT2D eigenvalue weighted by Crippen LogP contribution is 1.90. The van der Waals surface area contributed by atoms with Gasteiger partial charge < -0.3 is 15.3 Å². The first kappa shape index (κ1) is 8.35. The van der Waals surface area contributed by atoms with Crippen LogP contribution < -0.4 is 0 Å². The minimum atomic E-state index is -1.96. The maximum atomic E-state index is 9.75. The third-order valence-corrected chi connectivity index (χ3v) is 0.788. The zero-order valence-electron chi connectivity index (χ0n) is 4.52. The fourth-order valence-electron chi connectivity index (χ4n) is 0.256. The van der Waals surface area contributed by atoms with Crippen molar-refractivity contribution in [2.45, 2.75) is 12.2 Å². The van der Waals surface area contributed by atoms with Gasteiger partial charge in [-0.1, -0.05) is 0 Å². The number of carboxylic acids is 1. The van der Waals surface area contributed by atoms with Crippen LogP contribution in [-0.4, -0.2) is 40.1 Å². The maximum absolute atomic E-state index is 9.75. The van der Waals surface area contributed by atoms with Crippen LogP contribution in [0.2, 0.25) is 0 Å². The van der Waals surface area contributed by atoms with Gasteiger partial charge in [0.1, 0.15) is 12.7 Å². The lowest BCUT2D eigenvalue weighted by atomic mass is 10.2. The topological polar surface area (TPSA) is 97.7 Å². The standard InChI is InChI=1S/C4H7O5/c5-1-2(6)3(7)4(8)9/h2-3,6-7H,1H2,(H,8,9). The molecule has 0 bridgehead atoms. The van der Waals surface area contributed by atoms with Gasteiger partial charge in [0.05, 0.1) is 0 Å². The van der Waals surface area contributed by atoms with Crippen LogP contribution in [0, 0.1) is 0 Å². The number of aliphatic hydroxyl groups is 2. The molecule has 0 saturated carbocycles. The first-order chi connectivity index (χ1) is 4.09. The van der Waals surface area contributed by atoms with Crippen LogP contribution in [0.1, 0.15) is 0 Å². The second-order valence-electron chi connectivity index (χ2n) is 1.52. The van der Waals surface area contributed by atoms with Crippen LogP contribution in [0.3, 0.4) is 0 Å². The van der Waals surface area contributed by atoms with Crippen LogP contribution >= 0.6 is 0 Å². The third-order valence-electron chi connectivity index (χ3n) is 0.788. The lowest BCUT2D eigenvalue weighted by Crippen LogP contribution is -2.35. The van der Waals surface area contributed by atoms with E-state index in [-0.39, 0.29) is 0 Å². The van der Waals surface area contributed by atoms with E-state index < -0.39 is 24.8 Å². The molecule has 0 heterocycles. The van der Waals surface area contributed by atoms with Crippen molar-refractivity contribution < 1.29 is 25.2 Å². The number of aliphatic carboxylic acids is 1. The first-order valence-electron chi connectivity index (χ1n) is 2.26. The van der Waals surface area contributed by atoms with E-state index in [0.717, 1.165) is 0 Å². The Labute approximate surface area is 51.2 Å². The molecule has 0 aliphatic heterocycles. The van der Waals surface area contributed by atoms with Gasteiger partial charge in [0, 0.05) is 0 Å². The maximum Gasteiger partial charge on any atom is 0.335 e. The van der Waals surface area contributed by atoms with Crippen molar-refractivity contribution in [3.63, 3.8) is 0 Å². The molecular weight excluding hydrogens is 128 g/mol. The van der Waals surface area contributed by atoms with E-state index in [4.69, 9.17) is 15.3 Å². The highest BCUT2D eigenvalue weighted by atomic mass is 16.4. The fraction of sp³-hybridized carbons (Fsp3) is 0.750. The summed E-state index contributed by atoms with van der Waals surface area (Å²) in [5.74, 6) is -1.58. The number of carbonyl (C=O) groups is 1. The summed E-state index contributed by atoms with van der Waals surface area (Å²) in [6.07, 6.45) is -3.66. The molecule has 0 fully saturated rings. The summed E-state index contributed by atoms with van der Waals surface area (Å²) in [7, 11) is 0. The smallest absolute Gasteiger partial charge is 0.335 e. The molecule has 9 heavy (non-hydrogen) atoms. The van der Waals surface area contributed by atoms with Crippen molar-refractivity contribution in [1.82, 2.24) is 0 Å². The summed E-state index contributed by atoms with van der Waals surface area (Å²) in [5, 5.41) is 34.3. The molecule has 0 aromatic carbocycles. The van der Waals surface area contributed by atoms with E-state index in [0.29, 0.717) is 0 Å². The van der Waals surface area contributed by atoms with Crippen LogP contribution in [-0.2, 0) is 9.90 Å². The van der Waals surface area contributed by atoms with Crippen LogP contribution in [0.15, 0.2) is 0 Å². The monoisotopic (exact) mass is 135 g/mol. The fourth-order valence-corrected chi connectivity index (χ4v) is 0.256.